The van der Waals surface area contributed by atoms with E-state index >= 15 is 0 Å². The summed E-state index contributed by atoms with van der Waals surface area (Å²) in [4.78, 5) is 24.5. The van der Waals surface area contributed by atoms with Crippen molar-refractivity contribution in [2.75, 3.05) is 26.8 Å². The van der Waals surface area contributed by atoms with Crippen LogP contribution in [0.3, 0.4) is 0 Å². The maximum absolute atomic E-state index is 12.1. The van der Waals surface area contributed by atoms with Gasteiger partial charge in [-0.2, -0.15) is 0 Å². The molecule has 5 heteroatoms. The third kappa shape index (κ3) is 5.12. The van der Waals surface area contributed by atoms with Crippen LogP contribution in [-0.4, -0.2) is 43.9 Å². The molecular weight excluding hydrogens is 306 g/mol. The number of hydrogen-bond acceptors (Lipinski definition) is 4. The average Bonchev–Trinajstić information content (AvgIpc) is 2.59. The highest BCUT2D eigenvalue weighted by atomic mass is 16.5. The molecule has 0 saturated carbocycles. The Kier molecular flexibility index (Phi) is 6.37. The summed E-state index contributed by atoms with van der Waals surface area (Å²) in [6, 6.07) is 14.6. The van der Waals surface area contributed by atoms with Gasteiger partial charge in [0, 0.05) is 7.05 Å². The van der Waals surface area contributed by atoms with Crippen molar-refractivity contribution in [1.29, 1.82) is 0 Å². The Morgan fingerprint density at radius 1 is 1.12 bits per heavy atom. The predicted molar refractivity (Wildman–Crippen MR) is 91.6 cm³/mol. The molecule has 0 bridgehead atoms. The lowest BCUT2D eigenvalue weighted by Crippen LogP contribution is -2.34. The van der Waals surface area contributed by atoms with E-state index < -0.39 is 0 Å². The fourth-order valence-corrected chi connectivity index (χ4v) is 2.09. The number of hydrogen-bond donors (Lipinski definition) is 0. The molecule has 126 valence electrons. The van der Waals surface area contributed by atoms with Gasteiger partial charge < -0.3 is 14.4 Å². The average molecular weight is 327 g/mol. The quantitative estimate of drug-likeness (QED) is 0.700. The molecule has 24 heavy (non-hydrogen) atoms. The molecule has 0 fully saturated rings. The number of likely N-dealkylation sites (N-methyl/N-ethyl adjacent to an activating group) is 1. The number of para-hydroxylation sites is 1. The van der Waals surface area contributed by atoms with E-state index in [2.05, 4.69) is 0 Å². The van der Waals surface area contributed by atoms with Crippen LogP contribution >= 0.6 is 0 Å². The molecule has 0 aliphatic heterocycles. The van der Waals surface area contributed by atoms with Gasteiger partial charge in [0.15, 0.2) is 12.9 Å². The maximum Gasteiger partial charge on any atom is 0.260 e. The van der Waals surface area contributed by atoms with Crippen LogP contribution in [0.2, 0.25) is 0 Å². The molecule has 2 rings (SSSR count). The van der Waals surface area contributed by atoms with Crippen molar-refractivity contribution in [3.05, 3.63) is 59.7 Å². The highest BCUT2D eigenvalue weighted by Crippen LogP contribution is 2.15. The monoisotopic (exact) mass is 327 g/mol. The summed E-state index contributed by atoms with van der Waals surface area (Å²) in [6.07, 6.45) is 0.708. The minimum absolute atomic E-state index is 0.119. The SMILES string of the molecule is Cc1cccc(OCCN(C)C(=O)COc2ccccc2C=O)c1. The van der Waals surface area contributed by atoms with Crippen molar-refractivity contribution in [3.63, 3.8) is 0 Å². The summed E-state index contributed by atoms with van der Waals surface area (Å²) in [5.74, 6) is 1.01. The first-order chi connectivity index (χ1) is 11.6. The molecule has 0 aromatic heterocycles. The number of rotatable bonds is 8. The van der Waals surface area contributed by atoms with E-state index in [1.165, 1.54) is 0 Å². The Morgan fingerprint density at radius 2 is 1.92 bits per heavy atom. The molecule has 0 aliphatic rings. The van der Waals surface area contributed by atoms with Crippen molar-refractivity contribution in [1.82, 2.24) is 4.90 Å². The van der Waals surface area contributed by atoms with Crippen LogP contribution in [0.4, 0.5) is 0 Å². The lowest BCUT2D eigenvalue weighted by molar-refractivity contribution is -0.132. The van der Waals surface area contributed by atoms with Crippen molar-refractivity contribution < 1.29 is 19.1 Å². The van der Waals surface area contributed by atoms with Crippen LogP contribution in [0.25, 0.3) is 0 Å². The number of carbonyl (C=O) groups excluding carboxylic acids is 2. The zero-order valence-electron chi connectivity index (χ0n) is 13.9. The lowest BCUT2D eigenvalue weighted by atomic mass is 10.2. The van der Waals surface area contributed by atoms with Crippen molar-refractivity contribution in [2.24, 2.45) is 0 Å². The van der Waals surface area contributed by atoms with Gasteiger partial charge in [0.2, 0.25) is 0 Å². The van der Waals surface area contributed by atoms with Crippen molar-refractivity contribution in [2.45, 2.75) is 6.92 Å². The summed E-state index contributed by atoms with van der Waals surface area (Å²) in [5.41, 5.74) is 1.55. The first-order valence-electron chi connectivity index (χ1n) is 7.70. The predicted octanol–water partition coefficient (Wildman–Crippen LogP) is 2.72. The number of carbonyl (C=O) groups is 2. The second kappa shape index (κ2) is 8.72. The Labute approximate surface area is 141 Å². The van der Waals surface area contributed by atoms with Crippen molar-refractivity contribution in [3.8, 4) is 11.5 Å². The van der Waals surface area contributed by atoms with Crippen LogP contribution in [0.5, 0.6) is 11.5 Å². The van der Waals surface area contributed by atoms with Crippen LogP contribution in [0.15, 0.2) is 48.5 Å². The van der Waals surface area contributed by atoms with Gasteiger partial charge in [-0.1, -0.05) is 24.3 Å². The molecule has 0 N–H and O–H groups in total. The molecule has 0 aliphatic carbocycles. The van der Waals surface area contributed by atoms with Crippen LogP contribution in [-0.2, 0) is 4.79 Å². The third-order valence-corrected chi connectivity index (χ3v) is 3.51. The second-order valence-electron chi connectivity index (χ2n) is 5.42. The first-order valence-corrected chi connectivity index (χ1v) is 7.70. The largest absolute Gasteiger partial charge is 0.492 e. The smallest absolute Gasteiger partial charge is 0.260 e. The highest BCUT2D eigenvalue weighted by Gasteiger charge is 2.11. The number of aryl methyl sites for hydroxylation is 1. The fraction of sp³-hybridized carbons (Fsp3) is 0.263. The molecule has 0 spiro atoms. The zero-order valence-corrected chi connectivity index (χ0v) is 13.9. The minimum Gasteiger partial charge on any atom is -0.492 e. The zero-order chi connectivity index (χ0) is 17.4. The molecule has 1 amide bonds. The van der Waals surface area contributed by atoms with Gasteiger partial charge in [0.1, 0.15) is 18.1 Å². The number of aldehydes is 1. The van der Waals surface area contributed by atoms with Gasteiger partial charge in [-0.3, -0.25) is 9.59 Å². The van der Waals surface area contributed by atoms with Gasteiger partial charge in [0.05, 0.1) is 12.1 Å². The van der Waals surface area contributed by atoms with Gasteiger partial charge in [-0.05, 0) is 36.8 Å². The van der Waals surface area contributed by atoms with Crippen LogP contribution in [0, 0.1) is 6.92 Å². The molecule has 0 heterocycles. The summed E-state index contributed by atoms with van der Waals surface area (Å²) >= 11 is 0. The van der Waals surface area contributed by atoms with Crippen LogP contribution < -0.4 is 9.47 Å². The number of amides is 1. The maximum atomic E-state index is 12.1. The van der Waals surface area contributed by atoms with E-state index in [9.17, 15) is 9.59 Å². The van der Waals surface area contributed by atoms with Crippen molar-refractivity contribution >= 4 is 12.2 Å². The topological polar surface area (TPSA) is 55.8 Å². The van der Waals surface area contributed by atoms with E-state index in [0.29, 0.717) is 30.8 Å². The number of benzene rings is 2. The summed E-state index contributed by atoms with van der Waals surface area (Å²) in [7, 11) is 1.69. The van der Waals surface area contributed by atoms with Gasteiger partial charge in [-0.15, -0.1) is 0 Å². The summed E-state index contributed by atoms with van der Waals surface area (Å²) in [6.45, 7) is 2.73. The summed E-state index contributed by atoms with van der Waals surface area (Å²) < 4.78 is 11.1. The molecular formula is C19H21NO4. The molecule has 2 aromatic rings. The van der Waals surface area contributed by atoms with Gasteiger partial charge in [-0.25, -0.2) is 0 Å². The molecule has 0 saturated heterocycles. The van der Waals surface area contributed by atoms with Gasteiger partial charge >= 0.3 is 0 Å². The molecule has 0 unspecified atom stereocenters. The minimum atomic E-state index is -0.177. The molecule has 0 atom stereocenters. The Bertz CT molecular complexity index is 699. The first kappa shape index (κ1) is 17.5. The molecule has 2 aromatic carbocycles. The number of ether oxygens (including phenoxy) is 2. The normalized spacial score (nSPS) is 10.1. The fourth-order valence-electron chi connectivity index (χ4n) is 2.09. The van der Waals surface area contributed by atoms with E-state index in [1.54, 1.807) is 36.2 Å². The van der Waals surface area contributed by atoms with E-state index in [1.807, 2.05) is 31.2 Å². The van der Waals surface area contributed by atoms with E-state index in [0.717, 1.165) is 11.3 Å². The Morgan fingerprint density at radius 3 is 2.67 bits per heavy atom. The second-order valence-corrected chi connectivity index (χ2v) is 5.42. The van der Waals surface area contributed by atoms with E-state index in [4.69, 9.17) is 9.47 Å². The Hall–Kier alpha value is -2.82. The highest BCUT2D eigenvalue weighted by molar-refractivity contribution is 5.80. The Balaban J connectivity index is 1.77. The number of nitrogens with zero attached hydrogens (tertiary/aromatic N) is 1. The van der Waals surface area contributed by atoms with Crippen LogP contribution in [0.1, 0.15) is 15.9 Å². The lowest BCUT2D eigenvalue weighted by Gasteiger charge is -2.18. The third-order valence-electron chi connectivity index (χ3n) is 3.51. The molecule has 5 nitrogen and oxygen atoms in total. The summed E-state index contributed by atoms with van der Waals surface area (Å²) in [5, 5.41) is 0. The molecule has 0 radical (unpaired) electrons. The standard InChI is InChI=1S/C19H21NO4/c1-15-6-5-8-17(12-15)23-11-10-20(2)19(22)14-24-18-9-4-3-7-16(18)13-21/h3-9,12-13H,10-11,14H2,1-2H3. The van der Waals surface area contributed by atoms with E-state index in [-0.39, 0.29) is 12.5 Å². The van der Waals surface area contributed by atoms with Gasteiger partial charge in [0.25, 0.3) is 5.91 Å².